The second-order valence-electron chi connectivity index (χ2n) is 8.99. The number of nitrogens with one attached hydrogen (secondary N) is 3. The number of carbonyl (C=O) groups excluding carboxylic acids is 3. The third-order valence-electron chi connectivity index (χ3n) is 6.42. The first-order chi connectivity index (χ1) is 19.3. The van der Waals surface area contributed by atoms with Crippen LogP contribution in [0.3, 0.4) is 0 Å². The number of allylic oxidation sites excluding steroid dienone is 1. The zero-order valence-corrected chi connectivity index (χ0v) is 23.4. The number of rotatable bonds is 9. The summed E-state index contributed by atoms with van der Waals surface area (Å²) in [5.74, 6) is -2.07. The minimum atomic E-state index is -4.60. The Bertz CT molecular complexity index is 1350. The zero-order chi connectivity index (χ0) is 30.5. The van der Waals surface area contributed by atoms with Gasteiger partial charge >= 0.3 is 6.18 Å². The van der Waals surface area contributed by atoms with Crippen molar-refractivity contribution in [3.8, 4) is 5.75 Å². The number of hydrogen-bond acceptors (Lipinski definition) is 8. The van der Waals surface area contributed by atoms with Crippen LogP contribution in [0.4, 0.5) is 18.9 Å². The lowest BCUT2D eigenvalue weighted by molar-refractivity contribution is -0.137. The molecule has 0 unspecified atom stereocenters. The van der Waals surface area contributed by atoms with Crippen LogP contribution in [0, 0.1) is 6.92 Å². The van der Waals surface area contributed by atoms with Gasteiger partial charge in [0.05, 0.1) is 16.3 Å². The van der Waals surface area contributed by atoms with Gasteiger partial charge in [0.25, 0.3) is 11.8 Å². The number of aromatic amines is 1. The summed E-state index contributed by atoms with van der Waals surface area (Å²) in [6.45, 7) is 7.14. The molecule has 1 aliphatic rings. The normalized spacial score (nSPS) is 14.3. The van der Waals surface area contributed by atoms with Gasteiger partial charge in [0.2, 0.25) is 5.91 Å². The lowest BCUT2D eigenvalue weighted by Crippen LogP contribution is -2.51. The number of piperazine rings is 1. The molecule has 0 aliphatic carbocycles. The van der Waals surface area contributed by atoms with E-state index in [2.05, 4.69) is 32.6 Å². The van der Waals surface area contributed by atoms with Crippen LogP contribution in [0.25, 0.3) is 0 Å². The molecule has 1 aromatic carbocycles. The van der Waals surface area contributed by atoms with Gasteiger partial charge in [-0.05, 0) is 31.5 Å². The number of nitrogens with zero attached hydrogens (tertiary/aromatic N) is 5. The molecule has 41 heavy (non-hydrogen) atoms. The van der Waals surface area contributed by atoms with Crippen LogP contribution in [0.1, 0.15) is 35.1 Å². The summed E-state index contributed by atoms with van der Waals surface area (Å²) in [5, 5.41) is 26.0. The molecule has 3 amide bonds. The van der Waals surface area contributed by atoms with Gasteiger partial charge in [0.15, 0.2) is 11.4 Å². The summed E-state index contributed by atoms with van der Waals surface area (Å²) in [6.07, 6.45) is -4.18. The predicted molar refractivity (Wildman–Crippen MR) is 145 cm³/mol. The predicted octanol–water partition coefficient (Wildman–Crippen LogP) is 2.78. The van der Waals surface area contributed by atoms with Crippen molar-refractivity contribution in [1.82, 2.24) is 30.3 Å². The Morgan fingerprint density at radius 1 is 1.22 bits per heavy atom. The van der Waals surface area contributed by atoms with Crippen molar-refractivity contribution in [2.75, 3.05) is 45.1 Å². The maximum atomic E-state index is 13.6. The molecule has 1 fully saturated rings. The average Bonchev–Trinajstić information content (AvgIpc) is 3.27. The van der Waals surface area contributed by atoms with Crippen LogP contribution in [0.2, 0.25) is 5.02 Å². The van der Waals surface area contributed by atoms with Crippen LogP contribution in [0.15, 0.2) is 34.7 Å². The van der Waals surface area contributed by atoms with Gasteiger partial charge in [0, 0.05) is 45.6 Å². The van der Waals surface area contributed by atoms with E-state index in [1.807, 2.05) is 6.92 Å². The standard InChI is InChI=1S/C25H30ClF3N8O4/c1-5-17(30-3)21(35-8-10-36(11-9-35)23(40)20-22(39)14(2)33-34-20)24(41)37(31-4)13-19(38)32-18-7-6-15(12-16(18)26)25(27,28)29/h6-7,12,30,39H,4-5,8-11,13H2,1-3H3,(H,32,38)(H,33,34)/b21-17+. The van der Waals surface area contributed by atoms with Crippen LogP contribution >= 0.6 is 11.6 Å². The van der Waals surface area contributed by atoms with Crippen LogP contribution in [-0.4, -0.2) is 94.3 Å². The van der Waals surface area contributed by atoms with E-state index in [1.165, 1.54) is 4.90 Å². The van der Waals surface area contributed by atoms with E-state index in [9.17, 15) is 32.7 Å². The number of aromatic nitrogens is 2. The third-order valence-corrected chi connectivity index (χ3v) is 6.74. The molecule has 2 aromatic rings. The van der Waals surface area contributed by atoms with Gasteiger partial charge in [-0.15, -0.1) is 0 Å². The molecular formula is C25H30ClF3N8O4. The second-order valence-corrected chi connectivity index (χ2v) is 9.39. The Kier molecular flexibility index (Phi) is 9.86. The number of benzene rings is 1. The number of alkyl halides is 3. The van der Waals surface area contributed by atoms with E-state index >= 15 is 0 Å². The van der Waals surface area contributed by atoms with E-state index in [0.717, 1.165) is 17.1 Å². The number of carbonyl (C=O) groups is 3. The van der Waals surface area contributed by atoms with Crippen LogP contribution in [-0.2, 0) is 15.8 Å². The summed E-state index contributed by atoms with van der Waals surface area (Å²) >= 11 is 5.93. The first-order valence-corrected chi connectivity index (χ1v) is 12.8. The van der Waals surface area contributed by atoms with Gasteiger partial charge in [-0.2, -0.15) is 23.4 Å². The third kappa shape index (κ3) is 7.09. The lowest BCUT2D eigenvalue weighted by Gasteiger charge is -2.38. The molecule has 2 heterocycles. The quantitative estimate of drug-likeness (QED) is 0.197. The van der Waals surface area contributed by atoms with Crippen LogP contribution in [0.5, 0.6) is 5.75 Å². The summed E-state index contributed by atoms with van der Waals surface area (Å²) < 4.78 is 38.8. The van der Waals surface area contributed by atoms with Crippen molar-refractivity contribution < 1.29 is 32.7 Å². The van der Waals surface area contributed by atoms with E-state index in [0.29, 0.717) is 23.9 Å². The molecule has 0 saturated carbocycles. The fraction of sp³-hybridized carbons (Fsp3) is 0.400. The summed E-state index contributed by atoms with van der Waals surface area (Å²) in [7, 11) is 1.64. The molecule has 222 valence electrons. The molecule has 4 N–H and O–H groups in total. The number of H-pyrrole nitrogens is 1. The highest BCUT2D eigenvalue weighted by atomic mass is 35.5. The zero-order valence-electron chi connectivity index (χ0n) is 22.6. The van der Waals surface area contributed by atoms with Gasteiger partial charge in [0.1, 0.15) is 17.9 Å². The highest BCUT2D eigenvalue weighted by Gasteiger charge is 2.33. The van der Waals surface area contributed by atoms with Crippen molar-refractivity contribution in [2.24, 2.45) is 5.10 Å². The molecule has 12 nitrogen and oxygen atoms in total. The van der Waals surface area contributed by atoms with E-state index in [1.54, 1.807) is 18.9 Å². The van der Waals surface area contributed by atoms with Crippen molar-refractivity contribution in [3.05, 3.63) is 51.6 Å². The molecule has 0 spiro atoms. The summed E-state index contributed by atoms with van der Waals surface area (Å²) in [4.78, 5) is 42.5. The number of aromatic hydroxyl groups is 1. The van der Waals surface area contributed by atoms with Gasteiger partial charge in [-0.3, -0.25) is 19.5 Å². The molecule has 16 heteroatoms. The largest absolute Gasteiger partial charge is 0.504 e. The Balaban J connectivity index is 1.73. The molecule has 0 bridgehead atoms. The maximum absolute atomic E-state index is 13.6. The molecule has 0 atom stereocenters. The first-order valence-electron chi connectivity index (χ1n) is 12.5. The van der Waals surface area contributed by atoms with Gasteiger partial charge in [-0.1, -0.05) is 18.5 Å². The van der Waals surface area contributed by atoms with Crippen molar-refractivity contribution in [1.29, 1.82) is 0 Å². The minimum Gasteiger partial charge on any atom is -0.504 e. The van der Waals surface area contributed by atoms with E-state index in [-0.39, 0.29) is 54.0 Å². The number of anilines is 1. The SMILES string of the molecule is C=NN(CC(=O)Nc1ccc(C(F)(F)F)cc1Cl)C(=O)/C(=C(/CC)NC)N1CCN(C(=O)c2[nH]nc(C)c2O)CC1. The molecule has 0 radical (unpaired) electrons. The van der Waals surface area contributed by atoms with Gasteiger partial charge < -0.3 is 25.5 Å². The van der Waals surface area contributed by atoms with Crippen molar-refractivity contribution in [3.63, 3.8) is 0 Å². The van der Waals surface area contributed by atoms with E-state index in [4.69, 9.17) is 11.6 Å². The lowest BCUT2D eigenvalue weighted by atomic mass is 10.1. The smallest absolute Gasteiger partial charge is 0.416 e. The average molecular weight is 599 g/mol. The Labute approximate surface area is 238 Å². The highest BCUT2D eigenvalue weighted by Crippen LogP contribution is 2.33. The first kappa shape index (κ1) is 31.3. The number of hydrogen-bond donors (Lipinski definition) is 4. The number of halogens is 4. The molecular weight excluding hydrogens is 569 g/mol. The Morgan fingerprint density at radius 3 is 2.34 bits per heavy atom. The monoisotopic (exact) mass is 598 g/mol. The summed E-state index contributed by atoms with van der Waals surface area (Å²) in [5.41, 5.74) is 0.00370. The van der Waals surface area contributed by atoms with E-state index < -0.39 is 36.0 Å². The highest BCUT2D eigenvalue weighted by molar-refractivity contribution is 6.33. The van der Waals surface area contributed by atoms with Gasteiger partial charge in [-0.25, -0.2) is 5.01 Å². The number of hydrazone groups is 1. The molecule has 3 rings (SSSR count). The van der Waals surface area contributed by atoms with Crippen molar-refractivity contribution >= 4 is 41.7 Å². The molecule has 1 aromatic heterocycles. The minimum absolute atomic E-state index is 0.0199. The maximum Gasteiger partial charge on any atom is 0.416 e. The van der Waals surface area contributed by atoms with Crippen molar-refractivity contribution in [2.45, 2.75) is 26.4 Å². The summed E-state index contributed by atoms with van der Waals surface area (Å²) in [6, 6.07) is 2.48. The Hall–Kier alpha value is -4.27. The fourth-order valence-electron chi connectivity index (χ4n) is 4.21. The molecule has 1 saturated heterocycles. The fourth-order valence-corrected chi connectivity index (χ4v) is 4.44. The second kappa shape index (κ2) is 12.9. The molecule has 1 aliphatic heterocycles. The number of amides is 3. The van der Waals surface area contributed by atoms with Crippen LogP contribution < -0.4 is 10.6 Å². The topological polar surface area (TPSA) is 146 Å². The Morgan fingerprint density at radius 2 is 1.85 bits per heavy atom. The number of aryl methyl sites for hydroxylation is 1.